The van der Waals surface area contributed by atoms with E-state index in [-0.39, 0.29) is 6.03 Å². The fourth-order valence-electron chi connectivity index (χ4n) is 2.54. The van der Waals surface area contributed by atoms with Crippen molar-refractivity contribution in [2.24, 2.45) is 5.92 Å². The van der Waals surface area contributed by atoms with E-state index in [1.807, 2.05) is 30.3 Å². The van der Waals surface area contributed by atoms with Gasteiger partial charge in [0.15, 0.2) is 0 Å². The van der Waals surface area contributed by atoms with Crippen LogP contribution >= 0.6 is 0 Å². The van der Waals surface area contributed by atoms with E-state index in [0.29, 0.717) is 12.5 Å². The molecule has 2 aromatic heterocycles. The molecule has 1 aromatic carbocycles. The fraction of sp³-hybridized carbons (Fsp3) is 0.211. The summed E-state index contributed by atoms with van der Waals surface area (Å²) in [6.45, 7) is 2.75. The number of imidazole rings is 1. The molecule has 0 aliphatic carbocycles. The largest absolute Gasteiger partial charge is 0.337 e. The highest BCUT2D eigenvalue weighted by Crippen LogP contribution is 2.14. The van der Waals surface area contributed by atoms with E-state index in [2.05, 4.69) is 34.3 Å². The van der Waals surface area contributed by atoms with Crippen molar-refractivity contribution in [2.75, 3.05) is 6.54 Å². The first-order chi connectivity index (χ1) is 11.7. The van der Waals surface area contributed by atoms with Gasteiger partial charge in [0.25, 0.3) is 0 Å². The van der Waals surface area contributed by atoms with Gasteiger partial charge in [-0.1, -0.05) is 37.3 Å². The van der Waals surface area contributed by atoms with Crippen LogP contribution in [0.3, 0.4) is 0 Å². The van der Waals surface area contributed by atoms with Gasteiger partial charge in [0.2, 0.25) is 0 Å². The third kappa shape index (κ3) is 4.07. The van der Waals surface area contributed by atoms with E-state index in [0.717, 1.165) is 17.7 Å². The van der Waals surface area contributed by atoms with Crippen LogP contribution in [0.4, 0.5) is 4.79 Å². The monoisotopic (exact) mass is 320 g/mol. The van der Waals surface area contributed by atoms with Crippen molar-refractivity contribution < 1.29 is 4.79 Å². The van der Waals surface area contributed by atoms with Crippen LogP contribution in [0.1, 0.15) is 12.5 Å². The quantitative estimate of drug-likeness (QED) is 0.784. The molecule has 0 aliphatic heterocycles. The summed E-state index contributed by atoms with van der Waals surface area (Å²) in [6.07, 6.45) is 7.62. The molecule has 0 spiro atoms. The van der Waals surface area contributed by atoms with E-state index in [9.17, 15) is 4.79 Å². The number of pyridine rings is 1. The fourth-order valence-corrected chi connectivity index (χ4v) is 2.54. The van der Waals surface area contributed by atoms with E-state index in [1.54, 1.807) is 18.6 Å². The zero-order valence-corrected chi connectivity index (χ0v) is 13.6. The molecule has 1 N–H and O–H groups in total. The van der Waals surface area contributed by atoms with Crippen molar-refractivity contribution in [3.05, 3.63) is 72.9 Å². The summed E-state index contributed by atoms with van der Waals surface area (Å²) in [5.74, 6) is 0.359. The lowest BCUT2D eigenvalue weighted by Crippen LogP contribution is -2.32. The van der Waals surface area contributed by atoms with Crippen molar-refractivity contribution >= 4 is 6.03 Å². The number of hydrogen-bond donors (Lipinski definition) is 1. The molecule has 122 valence electrons. The van der Waals surface area contributed by atoms with Crippen molar-refractivity contribution in [2.45, 2.75) is 13.3 Å². The van der Waals surface area contributed by atoms with Crippen LogP contribution in [0.15, 0.2) is 67.4 Å². The van der Waals surface area contributed by atoms with Gasteiger partial charge in [-0.15, -0.1) is 0 Å². The average Bonchev–Trinajstić information content (AvgIpc) is 3.11. The first kappa shape index (κ1) is 15.9. The van der Waals surface area contributed by atoms with Crippen molar-refractivity contribution in [1.29, 1.82) is 0 Å². The molecule has 3 rings (SSSR count). The molecule has 1 atom stereocenters. The van der Waals surface area contributed by atoms with Crippen LogP contribution in [0.2, 0.25) is 0 Å². The highest BCUT2D eigenvalue weighted by atomic mass is 16.2. The highest BCUT2D eigenvalue weighted by molar-refractivity contribution is 5.77. The number of amides is 1. The van der Waals surface area contributed by atoms with Gasteiger partial charge >= 0.3 is 6.03 Å². The maximum atomic E-state index is 12.2. The second-order valence-corrected chi connectivity index (χ2v) is 5.89. The van der Waals surface area contributed by atoms with Gasteiger partial charge in [-0.25, -0.2) is 9.78 Å². The Hall–Kier alpha value is -2.95. The van der Waals surface area contributed by atoms with E-state index >= 15 is 0 Å². The third-order valence-corrected chi connectivity index (χ3v) is 3.80. The molecule has 5 nitrogen and oxygen atoms in total. The number of rotatable bonds is 5. The molecule has 0 saturated carbocycles. The summed E-state index contributed by atoms with van der Waals surface area (Å²) >= 11 is 0. The van der Waals surface area contributed by atoms with Gasteiger partial charge in [-0.2, -0.15) is 0 Å². The molecule has 0 radical (unpaired) electrons. The number of hydrogen-bond acceptors (Lipinski definition) is 3. The number of nitrogens with zero attached hydrogens (tertiary/aromatic N) is 3. The minimum atomic E-state index is -0.169. The van der Waals surface area contributed by atoms with Gasteiger partial charge in [-0.05, 0) is 30.0 Å². The average molecular weight is 320 g/mol. The summed E-state index contributed by atoms with van der Waals surface area (Å²) in [6, 6.07) is 13.9. The lowest BCUT2D eigenvalue weighted by Gasteiger charge is -2.12. The molecule has 0 aliphatic rings. The molecule has 24 heavy (non-hydrogen) atoms. The van der Waals surface area contributed by atoms with Gasteiger partial charge in [0.05, 0.1) is 5.69 Å². The van der Waals surface area contributed by atoms with Crippen LogP contribution in [-0.2, 0) is 6.42 Å². The predicted octanol–water partition coefficient (Wildman–Crippen LogP) is 3.38. The molecule has 0 saturated heterocycles. The molecular formula is C19H20N4O. The van der Waals surface area contributed by atoms with Crippen molar-refractivity contribution in [1.82, 2.24) is 19.9 Å². The normalized spacial score (nSPS) is 11.9. The summed E-state index contributed by atoms with van der Waals surface area (Å²) in [4.78, 5) is 20.6. The molecule has 5 heteroatoms. The third-order valence-electron chi connectivity index (χ3n) is 3.80. The SMILES string of the molecule is CC(CNC(=O)n1cnc(-c2cccnc2)c1)Cc1ccccc1. The first-order valence-corrected chi connectivity index (χ1v) is 7.99. The zero-order valence-electron chi connectivity index (χ0n) is 13.6. The maximum Gasteiger partial charge on any atom is 0.326 e. The van der Waals surface area contributed by atoms with Crippen LogP contribution in [0.5, 0.6) is 0 Å². The molecular weight excluding hydrogens is 300 g/mol. The molecule has 3 aromatic rings. The number of carbonyl (C=O) groups is 1. The molecule has 0 bridgehead atoms. The summed E-state index contributed by atoms with van der Waals surface area (Å²) in [7, 11) is 0. The minimum absolute atomic E-state index is 0.169. The lowest BCUT2D eigenvalue weighted by molar-refractivity contribution is 0.240. The Morgan fingerprint density at radius 1 is 1.21 bits per heavy atom. The topological polar surface area (TPSA) is 59.8 Å². The van der Waals surface area contributed by atoms with Crippen molar-refractivity contribution in [3.63, 3.8) is 0 Å². The van der Waals surface area contributed by atoms with Crippen LogP contribution in [0, 0.1) is 5.92 Å². The van der Waals surface area contributed by atoms with Crippen LogP contribution < -0.4 is 5.32 Å². The van der Waals surface area contributed by atoms with E-state index in [4.69, 9.17) is 0 Å². The van der Waals surface area contributed by atoms with Crippen LogP contribution in [0.25, 0.3) is 11.3 Å². The predicted molar refractivity (Wildman–Crippen MR) is 93.6 cm³/mol. The Kier molecular flexibility index (Phi) is 5.01. The van der Waals surface area contributed by atoms with Crippen molar-refractivity contribution in [3.8, 4) is 11.3 Å². The van der Waals surface area contributed by atoms with Gasteiger partial charge < -0.3 is 5.32 Å². The molecule has 0 fully saturated rings. The smallest absolute Gasteiger partial charge is 0.326 e. The van der Waals surface area contributed by atoms with E-state index < -0.39 is 0 Å². The lowest BCUT2D eigenvalue weighted by atomic mass is 10.0. The maximum absolute atomic E-state index is 12.2. The number of carbonyl (C=O) groups excluding carboxylic acids is 1. The highest BCUT2D eigenvalue weighted by Gasteiger charge is 2.10. The minimum Gasteiger partial charge on any atom is -0.337 e. The zero-order chi connectivity index (χ0) is 16.8. The van der Waals surface area contributed by atoms with Gasteiger partial charge in [-0.3, -0.25) is 9.55 Å². The van der Waals surface area contributed by atoms with E-state index in [1.165, 1.54) is 16.5 Å². The molecule has 2 heterocycles. The number of aromatic nitrogens is 3. The Bertz CT molecular complexity index is 783. The molecule has 1 amide bonds. The summed E-state index contributed by atoms with van der Waals surface area (Å²) in [5.41, 5.74) is 2.90. The Morgan fingerprint density at radius 2 is 2.04 bits per heavy atom. The standard InChI is InChI=1S/C19H20N4O/c1-15(10-16-6-3-2-4-7-16)11-21-19(24)23-13-18(22-14-23)17-8-5-9-20-12-17/h2-9,12-15H,10-11H2,1H3,(H,21,24). The Balaban J connectivity index is 1.55. The second-order valence-electron chi connectivity index (χ2n) is 5.89. The summed E-state index contributed by atoms with van der Waals surface area (Å²) < 4.78 is 1.47. The van der Waals surface area contributed by atoms with Gasteiger partial charge in [0.1, 0.15) is 6.33 Å². The number of nitrogens with one attached hydrogen (secondary N) is 1. The van der Waals surface area contributed by atoms with Gasteiger partial charge in [0, 0.05) is 30.7 Å². The molecule has 1 unspecified atom stereocenters. The second kappa shape index (κ2) is 7.55. The number of benzene rings is 1. The summed E-state index contributed by atoms with van der Waals surface area (Å²) in [5, 5.41) is 2.95. The Labute approximate surface area is 141 Å². The van der Waals surface area contributed by atoms with Crippen LogP contribution in [-0.4, -0.2) is 27.1 Å². The first-order valence-electron chi connectivity index (χ1n) is 7.99. The Morgan fingerprint density at radius 3 is 2.79 bits per heavy atom.